The van der Waals surface area contributed by atoms with Crippen molar-refractivity contribution >= 4 is 11.8 Å². The molecule has 19 heavy (non-hydrogen) atoms. The van der Waals surface area contributed by atoms with Gasteiger partial charge in [-0.1, -0.05) is 12.1 Å². The van der Waals surface area contributed by atoms with E-state index in [0.717, 1.165) is 18.4 Å². The van der Waals surface area contributed by atoms with Gasteiger partial charge in [0.05, 0.1) is 6.42 Å². The number of carbonyl (C=O) groups is 2. The SMILES string of the molecule is O=C(Cc1ccc(F)cc1)NC1CCCCNC1=O. The largest absolute Gasteiger partial charge is 0.354 e. The highest BCUT2D eigenvalue weighted by molar-refractivity contribution is 5.88. The molecule has 0 aliphatic carbocycles. The van der Waals surface area contributed by atoms with Gasteiger partial charge in [0.15, 0.2) is 0 Å². The molecular formula is C14H17FN2O2. The molecule has 1 heterocycles. The smallest absolute Gasteiger partial charge is 0.242 e. The lowest BCUT2D eigenvalue weighted by molar-refractivity contribution is -0.128. The first-order valence-electron chi connectivity index (χ1n) is 6.46. The van der Waals surface area contributed by atoms with E-state index in [1.54, 1.807) is 12.1 Å². The number of rotatable bonds is 3. The van der Waals surface area contributed by atoms with Crippen molar-refractivity contribution in [1.82, 2.24) is 10.6 Å². The molecule has 0 saturated carbocycles. The zero-order valence-electron chi connectivity index (χ0n) is 10.6. The number of hydrogen-bond acceptors (Lipinski definition) is 2. The van der Waals surface area contributed by atoms with Crippen LogP contribution in [0.15, 0.2) is 24.3 Å². The molecule has 0 radical (unpaired) electrons. The van der Waals surface area contributed by atoms with E-state index in [-0.39, 0.29) is 24.1 Å². The van der Waals surface area contributed by atoms with Gasteiger partial charge in [-0.2, -0.15) is 0 Å². The summed E-state index contributed by atoms with van der Waals surface area (Å²) in [7, 11) is 0. The number of hydrogen-bond donors (Lipinski definition) is 2. The van der Waals surface area contributed by atoms with Crippen molar-refractivity contribution in [2.24, 2.45) is 0 Å². The van der Waals surface area contributed by atoms with Crippen molar-refractivity contribution in [3.05, 3.63) is 35.6 Å². The number of nitrogens with one attached hydrogen (secondary N) is 2. The van der Waals surface area contributed by atoms with Gasteiger partial charge in [-0.3, -0.25) is 9.59 Å². The Morgan fingerprint density at radius 2 is 2.05 bits per heavy atom. The van der Waals surface area contributed by atoms with Gasteiger partial charge >= 0.3 is 0 Å². The molecule has 1 unspecified atom stereocenters. The van der Waals surface area contributed by atoms with Crippen molar-refractivity contribution in [3.8, 4) is 0 Å². The fourth-order valence-electron chi connectivity index (χ4n) is 2.11. The van der Waals surface area contributed by atoms with E-state index in [1.807, 2.05) is 0 Å². The van der Waals surface area contributed by atoms with Crippen molar-refractivity contribution in [1.29, 1.82) is 0 Å². The lowest BCUT2D eigenvalue weighted by atomic mass is 10.1. The maximum atomic E-state index is 12.7. The maximum absolute atomic E-state index is 12.7. The van der Waals surface area contributed by atoms with Gasteiger partial charge in [0.25, 0.3) is 0 Å². The maximum Gasteiger partial charge on any atom is 0.242 e. The highest BCUT2D eigenvalue weighted by Crippen LogP contribution is 2.07. The second-order valence-corrected chi connectivity index (χ2v) is 4.71. The summed E-state index contributed by atoms with van der Waals surface area (Å²) in [6.07, 6.45) is 2.68. The fourth-order valence-corrected chi connectivity index (χ4v) is 2.11. The lowest BCUT2D eigenvalue weighted by Crippen LogP contribution is -2.45. The number of amides is 2. The van der Waals surface area contributed by atoms with Crippen LogP contribution in [0, 0.1) is 5.82 Å². The van der Waals surface area contributed by atoms with Crippen molar-refractivity contribution in [2.45, 2.75) is 31.7 Å². The monoisotopic (exact) mass is 264 g/mol. The van der Waals surface area contributed by atoms with Crippen LogP contribution in [0.25, 0.3) is 0 Å². The normalized spacial score (nSPS) is 19.4. The minimum Gasteiger partial charge on any atom is -0.354 e. The average molecular weight is 264 g/mol. The highest BCUT2D eigenvalue weighted by Gasteiger charge is 2.22. The molecule has 2 rings (SSSR count). The Bertz CT molecular complexity index is 459. The lowest BCUT2D eigenvalue weighted by Gasteiger charge is -2.15. The Balaban J connectivity index is 1.89. The molecule has 1 saturated heterocycles. The predicted molar refractivity (Wildman–Crippen MR) is 68.9 cm³/mol. The Morgan fingerprint density at radius 1 is 1.32 bits per heavy atom. The predicted octanol–water partition coefficient (Wildman–Crippen LogP) is 1.15. The summed E-state index contributed by atoms with van der Waals surface area (Å²) in [6, 6.07) is 5.34. The molecule has 1 aromatic carbocycles. The van der Waals surface area contributed by atoms with E-state index in [1.165, 1.54) is 12.1 Å². The molecular weight excluding hydrogens is 247 g/mol. The van der Waals surface area contributed by atoms with Crippen LogP contribution >= 0.6 is 0 Å². The molecule has 1 aliphatic rings. The number of halogens is 1. The van der Waals surface area contributed by atoms with Crippen molar-refractivity contribution < 1.29 is 14.0 Å². The Labute approximate surface area is 111 Å². The first kappa shape index (κ1) is 13.5. The minimum absolute atomic E-state index is 0.120. The summed E-state index contributed by atoms with van der Waals surface area (Å²) in [5, 5.41) is 5.50. The van der Waals surface area contributed by atoms with Crippen LogP contribution in [-0.4, -0.2) is 24.4 Å². The fraction of sp³-hybridized carbons (Fsp3) is 0.429. The topological polar surface area (TPSA) is 58.2 Å². The molecule has 2 N–H and O–H groups in total. The van der Waals surface area contributed by atoms with Gasteiger partial charge in [0, 0.05) is 6.54 Å². The second kappa shape index (κ2) is 6.31. The molecule has 102 valence electrons. The van der Waals surface area contributed by atoms with Crippen LogP contribution in [0.3, 0.4) is 0 Å². The van der Waals surface area contributed by atoms with Gasteiger partial charge in [-0.15, -0.1) is 0 Å². The standard InChI is InChI=1S/C14H17FN2O2/c15-11-6-4-10(5-7-11)9-13(18)17-12-3-1-2-8-16-14(12)19/h4-7,12H,1-3,8-9H2,(H,16,19)(H,17,18). The van der Waals surface area contributed by atoms with E-state index in [0.29, 0.717) is 13.0 Å². The van der Waals surface area contributed by atoms with Gasteiger partial charge in [0.1, 0.15) is 11.9 Å². The Kier molecular flexibility index (Phi) is 4.49. The molecule has 2 amide bonds. The average Bonchev–Trinajstić information content (AvgIpc) is 2.58. The minimum atomic E-state index is -0.449. The van der Waals surface area contributed by atoms with Gasteiger partial charge in [0.2, 0.25) is 11.8 Å². The summed E-state index contributed by atoms with van der Waals surface area (Å²) < 4.78 is 12.7. The summed E-state index contributed by atoms with van der Waals surface area (Å²) in [5.41, 5.74) is 0.730. The molecule has 0 spiro atoms. The van der Waals surface area contributed by atoms with E-state index in [4.69, 9.17) is 0 Å². The molecule has 1 aliphatic heterocycles. The van der Waals surface area contributed by atoms with Crippen LogP contribution in [0.4, 0.5) is 4.39 Å². The molecule has 4 nitrogen and oxygen atoms in total. The molecule has 0 aromatic heterocycles. The van der Waals surface area contributed by atoms with Crippen LogP contribution in [-0.2, 0) is 16.0 Å². The zero-order chi connectivity index (χ0) is 13.7. The third kappa shape index (κ3) is 4.05. The first-order valence-corrected chi connectivity index (χ1v) is 6.46. The van der Waals surface area contributed by atoms with Gasteiger partial charge in [-0.25, -0.2) is 4.39 Å². The van der Waals surface area contributed by atoms with E-state index in [9.17, 15) is 14.0 Å². The van der Waals surface area contributed by atoms with Crippen molar-refractivity contribution in [3.63, 3.8) is 0 Å². The third-order valence-electron chi connectivity index (χ3n) is 3.15. The molecule has 1 atom stereocenters. The first-order chi connectivity index (χ1) is 9.15. The summed E-state index contributed by atoms with van der Waals surface area (Å²) in [5.74, 6) is -0.661. The van der Waals surface area contributed by atoms with Crippen LogP contribution in [0.2, 0.25) is 0 Å². The van der Waals surface area contributed by atoms with Crippen LogP contribution in [0.1, 0.15) is 24.8 Å². The van der Waals surface area contributed by atoms with Gasteiger partial charge < -0.3 is 10.6 Å². The Hall–Kier alpha value is -1.91. The number of benzene rings is 1. The van der Waals surface area contributed by atoms with E-state index in [2.05, 4.69) is 10.6 Å². The quantitative estimate of drug-likeness (QED) is 0.860. The molecule has 1 aromatic rings. The van der Waals surface area contributed by atoms with Crippen LogP contribution in [0.5, 0.6) is 0 Å². The van der Waals surface area contributed by atoms with E-state index < -0.39 is 6.04 Å². The van der Waals surface area contributed by atoms with Crippen LogP contribution < -0.4 is 10.6 Å². The Morgan fingerprint density at radius 3 is 2.79 bits per heavy atom. The molecule has 1 fully saturated rings. The van der Waals surface area contributed by atoms with Gasteiger partial charge in [-0.05, 0) is 37.0 Å². The van der Waals surface area contributed by atoms with Crippen molar-refractivity contribution in [2.75, 3.05) is 6.54 Å². The third-order valence-corrected chi connectivity index (χ3v) is 3.15. The summed E-state index contributed by atoms with van der Waals surface area (Å²) in [6.45, 7) is 0.670. The highest BCUT2D eigenvalue weighted by atomic mass is 19.1. The second-order valence-electron chi connectivity index (χ2n) is 4.71. The summed E-state index contributed by atoms with van der Waals surface area (Å²) >= 11 is 0. The molecule has 0 bridgehead atoms. The molecule has 5 heteroatoms. The summed E-state index contributed by atoms with van der Waals surface area (Å²) in [4.78, 5) is 23.5. The van der Waals surface area contributed by atoms with E-state index >= 15 is 0 Å². The zero-order valence-corrected chi connectivity index (χ0v) is 10.6. The number of carbonyl (C=O) groups excluding carboxylic acids is 2.